The lowest BCUT2D eigenvalue weighted by Gasteiger charge is -2.05. The molecule has 13 heavy (non-hydrogen) atoms. The van der Waals surface area contributed by atoms with Crippen molar-refractivity contribution in [2.75, 3.05) is 6.61 Å². The molecule has 1 rings (SSSR count). The number of benzene rings is 1. The summed E-state index contributed by atoms with van der Waals surface area (Å²) < 4.78 is 5.75. The molecule has 0 aliphatic carbocycles. The first-order valence-corrected chi connectivity index (χ1v) is 5.63. The number of halogens is 1. The predicted octanol–water partition coefficient (Wildman–Crippen LogP) is 2.80. The summed E-state index contributed by atoms with van der Waals surface area (Å²) in [6.45, 7) is 2.24. The summed E-state index contributed by atoms with van der Waals surface area (Å²) in [5.74, 6) is -0.227. The Hall–Kier alpha value is -0.580. The van der Waals surface area contributed by atoms with E-state index in [0.717, 1.165) is 9.99 Å². The summed E-state index contributed by atoms with van der Waals surface area (Å²) in [7, 11) is 0. The van der Waals surface area contributed by atoms with Crippen molar-refractivity contribution < 1.29 is 9.53 Å². The third-order valence-corrected chi connectivity index (χ3v) is 2.48. The molecule has 0 aromatic heterocycles. The molecule has 0 aliphatic rings. The van der Waals surface area contributed by atoms with Gasteiger partial charge in [0.15, 0.2) is 0 Å². The van der Waals surface area contributed by atoms with E-state index >= 15 is 0 Å². The van der Waals surface area contributed by atoms with Crippen molar-refractivity contribution in [1.82, 2.24) is 0 Å². The number of alkyl halides is 1. The second-order valence-corrected chi connectivity index (χ2v) is 3.27. The van der Waals surface area contributed by atoms with Crippen molar-refractivity contribution in [2.24, 2.45) is 0 Å². The Balaban J connectivity index is 2.92. The third kappa shape index (κ3) is 2.69. The van der Waals surface area contributed by atoms with Gasteiger partial charge in [-0.15, -0.1) is 0 Å². The van der Waals surface area contributed by atoms with Crippen molar-refractivity contribution in [3.8, 4) is 0 Å². The van der Waals surface area contributed by atoms with E-state index in [0.29, 0.717) is 12.2 Å². The molecule has 0 radical (unpaired) electrons. The molecule has 1 aromatic carbocycles. The van der Waals surface area contributed by atoms with Crippen LogP contribution in [0.4, 0.5) is 0 Å². The van der Waals surface area contributed by atoms with Crippen LogP contribution in [0.3, 0.4) is 0 Å². The highest BCUT2D eigenvalue weighted by Crippen LogP contribution is 2.13. The number of carbonyl (C=O) groups excluding carboxylic acids is 1. The van der Waals surface area contributed by atoms with E-state index in [2.05, 4.69) is 22.6 Å². The molecule has 0 unspecified atom stereocenters. The fraction of sp³-hybridized carbons (Fsp3) is 0.300. The van der Waals surface area contributed by atoms with Crippen LogP contribution in [0.5, 0.6) is 0 Å². The Morgan fingerprint density at radius 3 is 2.77 bits per heavy atom. The summed E-state index contributed by atoms with van der Waals surface area (Å²) in [4.78, 5) is 11.4. The van der Waals surface area contributed by atoms with Gasteiger partial charge in [0.1, 0.15) is 0 Å². The molecule has 0 aliphatic heterocycles. The molecule has 0 saturated heterocycles. The average Bonchev–Trinajstić information content (AvgIpc) is 2.18. The predicted molar refractivity (Wildman–Crippen MR) is 60.1 cm³/mol. The summed E-state index contributed by atoms with van der Waals surface area (Å²) in [5.41, 5.74) is 1.71. The zero-order valence-electron chi connectivity index (χ0n) is 7.42. The highest BCUT2D eigenvalue weighted by molar-refractivity contribution is 14.1. The minimum absolute atomic E-state index is 0.227. The monoisotopic (exact) mass is 290 g/mol. The van der Waals surface area contributed by atoms with Gasteiger partial charge in [0, 0.05) is 4.43 Å². The van der Waals surface area contributed by atoms with Gasteiger partial charge in [-0.05, 0) is 18.6 Å². The van der Waals surface area contributed by atoms with Crippen molar-refractivity contribution in [2.45, 2.75) is 11.4 Å². The molecule has 2 nitrogen and oxygen atoms in total. The largest absolute Gasteiger partial charge is 0.462 e. The quantitative estimate of drug-likeness (QED) is 0.486. The van der Waals surface area contributed by atoms with Crippen molar-refractivity contribution in [3.05, 3.63) is 35.4 Å². The molecule has 0 saturated carbocycles. The topological polar surface area (TPSA) is 26.3 Å². The van der Waals surface area contributed by atoms with E-state index in [1.807, 2.05) is 25.1 Å². The Morgan fingerprint density at radius 2 is 2.15 bits per heavy atom. The van der Waals surface area contributed by atoms with Gasteiger partial charge in [0.2, 0.25) is 0 Å². The van der Waals surface area contributed by atoms with E-state index in [-0.39, 0.29) is 5.97 Å². The maximum absolute atomic E-state index is 11.4. The van der Waals surface area contributed by atoms with Crippen LogP contribution >= 0.6 is 22.6 Å². The van der Waals surface area contributed by atoms with Crippen LogP contribution < -0.4 is 0 Å². The number of rotatable bonds is 3. The highest BCUT2D eigenvalue weighted by Gasteiger charge is 2.09. The lowest BCUT2D eigenvalue weighted by molar-refractivity contribution is 0.0525. The van der Waals surface area contributed by atoms with Crippen molar-refractivity contribution >= 4 is 28.6 Å². The SMILES string of the molecule is CCOC(=O)c1ccccc1CI. The molecule has 70 valence electrons. The van der Waals surface area contributed by atoms with Crippen LogP contribution in [-0.4, -0.2) is 12.6 Å². The zero-order valence-corrected chi connectivity index (χ0v) is 9.58. The van der Waals surface area contributed by atoms with Crippen molar-refractivity contribution in [3.63, 3.8) is 0 Å². The lowest BCUT2D eigenvalue weighted by atomic mass is 10.1. The smallest absolute Gasteiger partial charge is 0.338 e. The summed E-state index contributed by atoms with van der Waals surface area (Å²) in [5, 5.41) is 0. The normalized spacial score (nSPS) is 9.69. The zero-order chi connectivity index (χ0) is 9.68. The molecule has 0 fully saturated rings. The number of hydrogen-bond acceptors (Lipinski definition) is 2. The molecule has 1 aromatic rings. The van der Waals surface area contributed by atoms with E-state index in [4.69, 9.17) is 4.74 Å². The van der Waals surface area contributed by atoms with Crippen LogP contribution in [0.15, 0.2) is 24.3 Å². The summed E-state index contributed by atoms with van der Waals surface area (Å²) >= 11 is 2.23. The Bertz CT molecular complexity index is 297. The first-order valence-electron chi connectivity index (χ1n) is 4.10. The Morgan fingerprint density at radius 1 is 1.46 bits per heavy atom. The van der Waals surface area contributed by atoms with Crippen LogP contribution in [0, 0.1) is 0 Å². The first kappa shape index (κ1) is 10.5. The Labute approximate surface area is 91.4 Å². The second-order valence-electron chi connectivity index (χ2n) is 2.51. The fourth-order valence-corrected chi connectivity index (χ4v) is 1.71. The van der Waals surface area contributed by atoms with Crippen LogP contribution in [0.25, 0.3) is 0 Å². The molecule has 0 atom stereocenters. The molecule has 0 bridgehead atoms. The van der Waals surface area contributed by atoms with E-state index in [1.54, 1.807) is 6.07 Å². The van der Waals surface area contributed by atoms with Gasteiger partial charge in [-0.1, -0.05) is 40.8 Å². The average molecular weight is 290 g/mol. The Kier molecular flexibility index (Phi) is 4.21. The summed E-state index contributed by atoms with van der Waals surface area (Å²) in [6, 6.07) is 7.52. The van der Waals surface area contributed by atoms with Crippen molar-refractivity contribution in [1.29, 1.82) is 0 Å². The van der Waals surface area contributed by atoms with E-state index < -0.39 is 0 Å². The van der Waals surface area contributed by atoms with Crippen LogP contribution in [0.2, 0.25) is 0 Å². The number of carbonyl (C=O) groups is 1. The number of hydrogen-bond donors (Lipinski definition) is 0. The standard InChI is InChI=1S/C10H11IO2/c1-2-13-10(12)9-6-4-3-5-8(9)7-11/h3-6H,2,7H2,1H3. The van der Waals surface area contributed by atoms with Gasteiger partial charge in [-0.3, -0.25) is 0 Å². The minimum Gasteiger partial charge on any atom is -0.462 e. The van der Waals surface area contributed by atoms with Gasteiger partial charge < -0.3 is 4.74 Å². The van der Waals surface area contributed by atoms with Gasteiger partial charge in [-0.2, -0.15) is 0 Å². The van der Waals surface area contributed by atoms with Crippen LogP contribution in [0.1, 0.15) is 22.8 Å². The summed E-state index contributed by atoms with van der Waals surface area (Å²) in [6.07, 6.45) is 0. The molecule has 0 heterocycles. The van der Waals surface area contributed by atoms with Crippen LogP contribution in [-0.2, 0) is 9.16 Å². The molecule has 0 N–H and O–H groups in total. The molecule has 0 spiro atoms. The van der Waals surface area contributed by atoms with Gasteiger partial charge in [0.05, 0.1) is 12.2 Å². The lowest BCUT2D eigenvalue weighted by Crippen LogP contribution is -2.06. The maximum atomic E-state index is 11.4. The second kappa shape index (κ2) is 5.21. The fourth-order valence-electron chi connectivity index (χ4n) is 1.04. The van der Waals surface area contributed by atoms with E-state index in [1.165, 1.54) is 0 Å². The molecular weight excluding hydrogens is 279 g/mol. The molecule has 3 heteroatoms. The van der Waals surface area contributed by atoms with Gasteiger partial charge in [-0.25, -0.2) is 4.79 Å². The molecular formula is C10H11IO2. The minimum atomic E-state index is -0.227. The van der Waals surface area contributed by atoms with E-state index in [9.17, 15) is 4.79 Å². The maximum Gasteiger partial charge on any atom is 0.338 e. The van der Waals surface area contributed by atoms with Gasteiger partial charge >= 0.3 is 5.97 Å². The first-order chi connectivity index (χ1) is 6.29. The van der Waals surface area contributed by atoms with Gasteiger partial charge in [0.25, 0.3) is 0 Å². The number of ether oxygens (including phenoxy) is 1. The third-order valence-electron chi connectivity index (χ3n) is 1.66. The number of esters is 1. The molecule has 0 amide bonds. The highest BCUT2D eigenvalue weighted by atomic mass is 127.